The molecule has 0 bridgehead atoms. The Balaban J connectivity index is 2.91. The Bertz CT molecular complexity index is 432. The van der Waals surface area contributed by atoms with Crippen LogP contribution >= 0.6 is 0 Å². The molecule has 15 heavy (non-hydrogen) atoms. The molecule has 1 amide bonds. The maximum absolute atomic E-state index is 13.2. The van der Waals surface area contributed by atoms with E-state index in [4.69, 9.17) is 11.5 Å². The molecular weight excluding hydrogens is 195 g/mol. The van der Waals surface area contributed by atoms with E-state index in [-0.39, 0.29) is 12.0 Å². The molecule has 0 aromatic heterocycles. The first kappa shape index (κ1) is 11.2. The Hall–Kier alpha value is -1.86. The van der Waals surface area contributed by atoms with Gasteiger partial charge in [-0.2, -0.15) is 0 Å². The van der Waals surface area contributed by atoms with Crippen LogP contribution < -0.4 is 11.5 Å². The molecule has 78 valence electrons. The van der Waals surface area contributed by atoms with E-state index in [1.54, 1.807) is 12.1 Å². The van der Waals surface area contributed by atoms with Crippen LogP contribution in [0.5, 0.6) is 0 Å². The number of halogens is 1. The van der Waals surface area contributed by atoms with Gasteiger partial charge in [-0.05, 0) is 17.7 Å². The van der Waals surface area contributed by atoms with Crippen LogP contribution in [0.3, 0.4) is 0 Å². The maximum atomic E-state index is 13.2. The Labute approximate surface area is 87.3 Å². The van der Waals surface area contributed by atoms with E-state index in [1.165, 1.54) is 6.07 Å². The lowest BCUT2D eigenvalue weighted by molar-refractivity contribution is -0.117. The summed E-state index contributed by atoms with van der Waals surface area (Å²) in [5.74, 6) is 4.07. The van der Waals surface area contributed by atoms with Crippen LogP contribution in [-0.4, -0.2) is 5.91 Å². The molecule has 0 radical (unpaired) electrons. The van der Waals surface area contributed by atoms with Crippen LogP contribution in [-0.2, 0) is 11.3 Å². The van der Waals surface area contributed by atoms with Gasteiger partial charge in [-0.3, -0.25) is 4.79 Å². The number of primary amides is 1. The first-order chi connectivity index (χ1) is 7.13. The van der Waals surface area contributed by atoms with Crippen molar-refractivity contribution >= 4 is 5.91 Å². The molecule has 4 N–H and O–H groups in total. The van der Waals surface area contributed by atoms with E-state index >= 15 is 0 Å². The van der Waals surface area contributed by atoms with Crippen molar-refractivity contribution in [2.45, 2.75) is 13.0 Å². The van der Waals surface area contributed by atoms with Crippen molar-refractivity contribution in [3.8, 4) is 11.8 Å². The van der Waals surface area contributed by atoms with Gasteiger partial charge in [0.2, 0.25) is 5.91 Å². The molecule has 1 rings (SSSR count). The number of amides is 1. The lowest BCUT2D eigenvalue weighted by Crippen LogP contribution is -2.08. The predicted molar refractivity (Wildman–Crippen MR) is 55.0 cm³/mol. The molecule has 4 heteroatoms. The van der Waals surface area contributed by atoms with Crippen LogP contribution in [0.2, 0.25) is 0 Å². The van der Waals surface area contributed by atoms with Gasteiger partial charge in [0.15, 0.2) is 0 Å². The van der Waals surface area contributed by atoms with Gasteiger partial charge < -0.3 is 11.5 Å². The molecule has 0 fully saturated rings. The molecule has 0 heterocycles. The second-order valence-electron chi connectivity index (χ2n) is 2.96. The Morgan fingerprint density at radius 3 is 2.80 bits per heavy atom. The summed E-state index contributed by atoms with van der Waals surface area (Å²) >= 11 is 0. The van der Waals surface area contributed by atoms with Gasteiger partial charge in [-0.25, -0.2) is 4.39 Å². The highest BCUT2D eigenvalue weighted by atomic mass is 19.1. The number of hydrogen-bond donors (Lipinski definition) is 2. The highest BCUT2D eigenvalue weighted by molar-refractivity contribution is 5.76. The quantitative estimate of drug-likeness (QED) is 0.692. The van der Waals surface area contributed by atoms with Crippen molar-refractivity contribution < 1.29 is 9.18 Å². The number of carbonyl (C=O) groups excluding carboxylic acids is 1. The SMILES string of the molecule is NCc1ccc(F)c(C#CCC(N)=O)c1. The molecule has 0 saturated heterocycles. The standard InChI is InChI=1S/C11H11FN2O/c12-10-5-4-8(7-13)6-9(10)2-1-3-11(14)15/h4-6H,3,7,13H2,(H2,14,15). The monoisotopic (exact) mass is 206 g/mol. The molecular formula is C11H11FN2O. The number of nitrogens with two attached hydrogens (primary N) is 2. The Morgan fingerprint density at radius 2 is 2.20 bits per heavy atom. The second kappa shape index (κ2) is 5.13. The lowest BCUT2D eigenvalue weighted by Gasteiger charge is -1.98. The predicted octanol–water partition coefficient (Wildman–Crippen LogP) is 0.511. The number of rotatable bonds is 2. The zero-order valence-electron chi connectivity index (χ0n) is 8.09. The van der Waals surface area contributed by atoms with E-state index in [0.29, 0.717) is 6.54 Å². The van der Waals surface area contributed by atoms with Crippen molar-refractivity contribution in [1.82, 2.24) is 0 Å². The lowest BCUT2D eigenvalue weighted by atomic mass is 10.1. The normalized spacial score (nSPS) is 9.20. The molecule has 0 aliphatic rings. The van der Waals surface area contributed by atoms with Crippen molar-refractivity contribution in [2.75, 3.05) is 0 Å². The van der Waals surface area contributed by atoms with E-state index in [0.717, 1.165) is 5.56 Å². The third kappa shape index (κ3) is 3.41. The summed E-state index contributed by atoms with van der Waals surface area (Å²) in [6, 6.07) is 4.45. The van der Waals surface area contributed by atoms with Gasteiger partial charge in [0.25, 0.3) is 0 Å². The smallest absolute Gasteiger partial charge is 0.229 e. The van der Waals surface area contributed by atoms with E-state index in [9.17, 15) is 9.18 Å². The van der Waals surface area contributed by atoms with Crippen LogP contribution in [0.25, 0.3) is 0 Å². The van der Waals surface area contributed by atoms with Crippen LogP contribution in [0.4, 0.5) is 4.39 Å². The average Bonchev–Trinajstić information content (AvgIpc) is 2.20. The number of hydrogen-bond acceptors (Lipinski definition) is 2. The first-order valence-corrected chi connectivity index (χ1v) is 4.39. The fraction of sp³-hybridized carbons (Fsp3) is 0.182. The average molecular weight is 206 g/mol. The van der Waals surface area contributed by atoms with Gasteiger partial charge in [-0.15, -0.1) is 0 Å². The number of carbonyl (C=O) groups is 1. The topological polar surface area (TPSA) is 69.1 Å². The minimum Gasteiger partial charge on any atom is -0.369 e. The fourth-order valence-corrected chi connectivity index (χ4v) is 1.02. The van der Waals surface area contributed by atoms with Crippen molar-refractivity contribution in [2.24, 2.45) is 11.5 Å². The molecule has 0 aliphatic heterocycles. The van der Waals surface area contributed by atoms with Gasteiger partial charge in [-0.1, -0.05) is 17.9 Å². The van der Waals surface area contributed by atoms with Gasteiger partial charge >= 0.3 is 0 Å². The van der Waals surface area contributed by atoms with Gasteiger partial charge in [0.1, 0.15) is 5.82 Å². The van der Waals surface area contributed by atoms with E-state index in [1.807, 2.05) is 0 Å². The van der Waals surface area contributed by atoms with Crippen molar-refractivity contribution in [3.05, 3.63) is 35.1 Å². The minimum absolute atomic E-state index is 0.0771. The summed E-state index contributed by atoms with van der Waals surface area (Å²) in [6.45, 7) is 0.324. The van der Waals surface area contributed by atoms with Crippen LogP contribution in [0.1, 0.15) is 17.5 Å². The molecule has 3 nitrogen and oxygen atoms in total. The fourth-order valence-electron chi connectivity index (χ4n) is 1.02. The highest BCUT2D eigenvalue weighted by Gasteiger charge is 1.99. The summed E-state index contributed by atoms with van der Waals surface area (Å²) in [7, 11) is 0. The van der Waals surface area contributed by atoms with Gasteiger partial charge in [0, 0.05) is 6.54 Å². The zero-order valence-corrected chi connectivity index (χ0v) is 8.09. The zero-order chi connectivity index (χ0) is 11.3. The molecule has 1 aromatic carbocycles. The van der Waals surface area contributed by atoms with Crippen LogP contribution in [0.15, 0.2) is 18.2 Å². The second-order valence-corrected chi connectivity index (χ2v) is 2.96. The molecule has 0 unspecified atom stereocenters. The van der Waals surface area contributed by atoms with Crippen LogP contribution in [0, 0.1) is 17.7 Å². The summed E-state index contributed by atoms with van der Waals surface area (Å²) in [4.78, 5) is 10.4. The number of benzene rings is 1. The summed E-state index contributed by atoms with van der Waals surface area (Å²) in [5.41, 5.74) is 11.3. The largest absolute Gasteiger partial charge is 0.369 e. The minimum atomic E-state index is -0.530. The molecule has 1 aromatic rings. The summed E-state index contributed by atoms with van der Waals surface area (Å²) < 4.78 is 13.2. The van der Waals surface area contributed by atoms with E-state index in [2.05, 4.69) is 11.8 Å². The molecule has 0 saturated carbocycles. The molecule has 0 atom stereocenters. The van der Waals surface area contributed by atoms with Gasteiger partial charge in [0.05, 0.1) is 12.0 Å². The third-order valence-electron chi connectivity index (χ3n) is 1.75. The molecule has 0 spiro atoms. The first-order valence-electron chi connectivity index (χ1n) is 4.39. The summed E-state index contributed by atoms with van der Waals surface area (Å²) in [5, 5.41) is 0. The Morgan fingerprint density at radius 1 is 1.47 bits per heavy atom. The summed E-state index contributed by atoms with van der Waals surface area (Å²) in [6.07, 6.45) is -0.0771. The third-order valence-corrected chi connectivity index (χ3v) is 1.75. The molecule has 0 aliphatic carbocycles. The Kier molecular flexibility index (Phi) is 3.83. The van der Waals surface area contributed by atoms with Crippen molar-refractivity contribution in [3.63, 3.8) is 0 Å². The highest BCUT2D eigenvalue weighted by Crippen LogP contribution is 2.08. The van der Waals surface area contributed by atoms with Crippen molar-refractivity contribution in [1.29, 1.82) is 0 Å². The maximum Gasteiger partial charge on any atom is 0.229 e. The van der Waals surface area contributed by atoms with E-state index < -0.39 is 11.7 Å².